The summed E-state index contributed by atoms with van der Waals surface area (Å²) >= 11 is 6.08. The molecule has 0 saturated heterocycles. The van der Waals surface area contributed by atoms with Gasteiger partial charge in [-0.25, -0.2) is 4.39 Å². The molecule has 20 heavy (non-hydrogen) atoms. The molecule has 1 unspecified atom stereocenters. The zero-order valence-electron chi connectivity index (χ0n) is 11.7. The molecule has 106 valence electrons. The predicted molar refractivity (Wildman–Crippen MR) is 80.0 cm³/mol. The molecule has 2 rings (SSSR count). The van der Waals surface area contributed by atoms with Crippen LogP contribution in [0.25, 0.3) is 0 Å². The molecule has 0 bridgehead atoms. The Hall–Kier alpha value is -1.58. The number of aryl methyl sites for hydroxylation is 1. The molecule has 4 heteroatoms. The number of ether oxygens (including phenoxy) is 1. The van der Waals surface area contributed by atoms with Crippen molar-refractivity contribution in [2.75, 3.05) is 14.2 Å². The van der Waals surface area contributed by atoms with Crippen molar-refractivity contribution in [1.29, 1.82) is 0 Å². The van der Waals surface area contributed by atoms with Crippen LogP contribution in [-0.4, -0.2) is 14.2 Å². The van der Waals surface area contributed by atoms with E-state index in [9.17, 15) is 4.39 Å². The molecule has 0 aromatic heterocycles. The van der Waals surface area contributed by atoms with E-state index in [1.54, 1.807) is 13.2 Å². The van der Waals surface area contributed by atoms with Crippen LogP contribution in [0.15, 0.2) is 36.4 Å². The van der Waals surface area contributed by atoms with Crippen molar-refractivity contribution in [3.63, 3.8) is 0 Å². The number of methoxy groups -OCH3 is 1. The van der Waals surface area contributed by atoms with Crippen LogP contribution in [0.3, 0.4) is 0 Å². The Morgan fingerprint density at radius 2 is 1.90 bits per heavy atom. The Kier molecular flexibility index (Phi) is 4.63. The lowest BCUT2D eigenvalue weighted by atomic mass is 9.94. The van der Waals surface area contributed by atoms with Crippen LogP contribution in [0.1, 0.15) is 22.7 Å². The van der Waals surface area contributed by atoms with Crippen LogP contribution in [0, 0.1) is 12.7 Å². The van der Waals surface area contributed by atoms with Gasteiger partial charge in [0.1, 0.15) is 11.6 Å². The first-order valence-corrected chi connectivity index (χ1v) is 6.71. The van der Waals surface area contributed by atoms with E-state index in [0.717, 1.165) is 16.7 Å². The fraction of sp³-hybridized carbons (Fsp3) is 0.250. The van der Waals surface area contributed by atoms with Crippen molar-refractivity contribution in [1.82, 2.24) is 5.32 Å². The number of benzene rings is 2. The summed E-state index contributed by atoms with van der Waals surface area (Å²) < 4.78 is 18.9. The Morgan fingerprint density at radius 3 is 2.55 bits per heavy atom. The number of rotatable bonds is 4. The zero-order chi connectivity index (χ0) is 14.7. The SMILES string of the molecule is CNC(c1cc(Cl)ccc1C)c1cc(F)ccc1OC. The Labute approximate surface area is 123 Å². The molecule has 0 aliphatic heterocycles. The fourth-order valence-electron chi connectivity index (χ4n) is 2.33. The standard InChI is InChI=1S/C16H17ClFNO/c1-10-4-5-11(17)8-13(10)16(19-2)14-9-12(18)6-7-15(14)20-3/h4-9,16,19H,1-3H3. The van der Waals surface area contributed by atoms with Gasteiger partial charge >= 0.3 is 0 Å². The molecule has 0 radical (unpaired) electrons. The number of hydrogen-bond acceptors (Lipinski definition) is 2. The molecule has 0 spiro atoms. The molecule has 2 aromatic carbocycles. The van der Waals surface area contributed by atoms with Gasteiger partial charge in [0.25, 0.3) is 0 Å². The van der Waals surface area contributed by atoms with E-state index in [0.29, 0.717) is 10.8 Å². The van der Waals surface area contributed by atoms with E-state index < -0.39 is 0 Å². The van der Waals surface area contributed by atoms with E-state index in [1.807, 2.05) is 32.2 Å². The first kappa shape index (κ1) is 14.8. The summed E-state index contributed by atoms with van der Waals surface area (Å²) in [5, 5.41) is 3.85. The van der Waals surface area contributed by atoms with E-state index >= 15 is 0 Å². The highest BCUT2D eigenvalue weighted by atomic mass is 35.5. The Morgan fingerprint density at radius 1 is 1.15 bits per heavy atom. The van der Waals surface area contributed by atoms with E-state index in [-0.39, 0.29) is 11.9 Å². The maximum atomic E-state index is 13.6. The molecule has 0 heterocycles. The predicted octanol–water partition coefficient (Wildman–Crippen LogP) is 4.10. The second kappa shape index (κ2) is 6.25. The molecule has 0 amide bonds. The lowest BCUT2D eigenvalue weighted by molar-refractivity contribution is 0.404. The second-order valence-electron chi connectivity index (χ2n) is 4.61. The summed E-state index contributed by atoms with van der Waals surface area (Å²) in [5.41, 5.74) is 2.84. The van der Waals surface area contributed by atoms with Crippen LogP contribution in [0.5, 0.6) is 5.75 Å². The van der Waals surface area contributed by atoms with Gasteiger partial charge in [0, 0.05) is 10.6 Å². The zero-order valence-corrected chi connectivity index (χ0v) is 12.5. The largest absolute Gasteiger partial charge is 0.496 e. The third-order valence-electron chi connectivity index (χ3n) is 3.34. The van der Waals surface area contributed by atoms with Crippen molar-refractivity contribution < 1.29 is 9.13 Å². The van der Waals surface area contributed by atoms with Crippen LogP contribution in [0.4, 0.5) is 4.39 Å². The van der Waals surface area contributed by atoms with Gasteiger partial charge in [-0.05, 0) is 55.4 Å². The topological polar surface area (TPSA) is 21.3 Å². The summed E-state index contributed by atoms with van der Waals surface area (Å²) in [6, 6.07) is 10.0. The van der Waals surface area contributed by atoms with Crippen LogP contribution in [0.2, 0.25) is 5.02 Å². The van der Waals surface area contributed by atoms with Crippen molar-refractivity contribution in [2.24, 2.45) is 0 Å². The van der Waals surface area contributed by atoms with Gasteiger partial charge in [-0.1, -0.05) is 17.7 Å². The maximum absolute atomic E-state index is 13.6. The van der Waals surface area contributed by atoms with Gasteiger partial charge in [-0.15, -0.1) is 0 Å². The number of nitrogens with one attached hydrogen (secondary N) is 1. The average molecular weight is 294 g/mol. The lowest BCUT2D eigenvalue weighted by Crippen LogP contribution is -2.19. The van der Waals surface area contributed by atoms with Crippen LogP contribution >= 0.6 is 11.6 Å². The highest BCUT2D eigenvalue weighted by Crippen LogP contribution is 2.33. The van der Waals surface area contributed by atoms with Gasteiger partial charge < -0.3 is 10.1 Å². The minimum Gasteiger partial charge on any atom is -0.496 e. The first-order valence-electron chi connectivity index (χ1n) is 6.33. The van der Waals surface area contributed by atoms with E-state index in [4.69, 9.17) is 16.3 Å². The molecule has 2 nitrogen and oxygen atoms in total. The monoisotopic (exact) mass is 293 g/mol. The van der Waals surface area contributed by atoms with E-state index in [1.165, 1.54) is 12.1 Å². The van der Waals surface area contributed by atoms with Crippen LogP contribution < -0.4 is 10.1 Å². The minimum absolute atomic E-state index is 0.181. The Bertz CT molecular complexity index is 615. The number of hydrogen-bond donors (Lipinski definition) is 1. The van der Waals surface area contributed by atoms with Gasteiger partial charge in [0.2, 0.25) is 0 Å². The smallest absolute Gasteiger partial charge is 0.124 e. The van der Waals surface area contributed by atoms with Crippen molar-refractivity contribution in [2.45, 2.75) is 13.0 Å². The molecule has 0 saturated carbocycles. The quantitative estimate of drug-likeness (QED) is 0.916. The first-order chi connectivity index (χ1) is 9.56. The average Bonchev–Trinajstić information content (AvgIpc) is 2.44. The van der Waals surface area contributed by atoms with Gasteiger partial charge in [0.15, 0.2) is 0 Å². The highest BCUT2D eigenvalue weighted by molar-refractivity contribution is 6.30. The summed E-state index contributed by atoms with van der Waals surface area (Å²) in [6.45, 7) is 2.00. The third-order valence-corrected chi connectivity index (χ3v) is 3.58. The fourth-order valence-corrected chi connectivity index (χ4v) is 2.51. The molecular weight excluding hydrogens is 277 g/mol. The Balaban J connectivity index is 2.57. The van der Waals surface area contributed by atoms with Gasteiger partial charge in [0.05, 0.1) is 13.2 Å². The normalized spacial score (nSPS) is 12.2. The second-order valence-corrected chi connectivity index (χ2v) is 5.05. The summed E-state index contributed by atoms with van der Waals surface area (Å²) in [6.07, 6.45) is 0. The van der Waals surface area contributed by atoms with Gasteiger partial charge in [-0.3, -0.25) is 0 Å². The molecule has 0 fully saturated rings. The summed E-state index contributed by atoms with van der Waals surface area (Å²) in [5.74, 6) is 0.353. The third kappa shape index (κ3) is 2.94. The minimum atomic E-state index is -0.291. The molecule has 0 aliphatic rings. The van der Waals surface area contributed by atoms with Gasteiger partial charge in [-0.2, -0.15) is 0 Å². The van der Waals surface area contributed by atoms with Crippen molar-refractivity contribution >= 4 is 11.6 Å². The maximum Gasteiger partial charge on any atom is 0.124 e. The van der Waals surface area contributed by atoms with Crippen LogP contribution in [-0.2, 0) is 0 Å². The van der Waals surface area contributed by atoms with E-state index in [2.05, 4.69) is 5.32 Å². The lowest BCUT2D eigenvalue weighted by Gasteiger charge is -2.22. The highest BCUT2D eigenvalue weighted by Gasteiger charge is 2.19. The summed E-state index contributed by atoms with van der Waals surface area (Å²) in [4.78, 5) is 0. The summed E-state index contributed by atoms with van der Waals surface area (Å²) in [7, 11) is 3.41. The molecular formula is C16H17ClFNO. The molecule has 1 N–H and O–H groups in total. The van der Waals surface area contributed by atoms with Crippen molar-refractivity contribution in [3.05, 3.63) is 63.9 Å². The number of halogens is 2. The molecule has 0 aliphatic carbocycles. The molecule has 2 aromatic rings. The van der Waals surface area contributed by atoms with Crippen molar-refractivity contribution in [3.8, 4) is 5.75 Å². The molecule has 1 atom stereocenters.